The molecule has 3 heterocycles. The van der Waals surface area contributed by atoms with E-state index in [4.69, 9.17) is 5.73 Å². The Kier molecular flexibility index (Phi) is 4.26. The van der Waals surface area contributed by atoms with Crippen molar-refractivity contribution in [3.63, 3.8) is 0 Å². The van der Waals surface area contributed by atoms with E-state index in [1.807, 2.05) is 17.5 Å². The van der Waals surface area contributed by atoms with Gasteiger partial charge in [0.05, 0.1) is 26.1 Å². The Balaban J connectivity index is 1.63. The normalized spacial score (nSPS) is 29.1. The number of piperidine rings is 1. The van der Waals surface area contributed by atoms with E-state index in [2.05, 4.69) is 0 Å². The van der Waals surface area contributed by atoms with E-state index in [0.29, 0.717) is 19.4 Å². The molecule has 0 spiro atoms. The summed E-state index contributed by atoms with van der Waals surface area (Å²) in [6.07, 6.45) is 1.68. The molecule has 0 saturated carbocycles. The van der Waals surface area contributed by atoms with Gasteiger partial charge in [0.2, 0.25) is 11.8 Å². The molecule has 3 rings (SSSR count). The molecule has 1 atom stereocenters. The van der Waals surface area contributed by atoms with Crippen molar-refractivity contribution >= 4 is 29.1 Å². The third-order valence-electron chi connectivity index (χ3n) is 4.66. The Morgan fingerprint density at radius 3 is 2.68 bits per heavy atom. The molecule has 1 aromatic heterocycles. The second-order valence-electron chi connectivity index (χ2n) is 5.99. The Labute approximate surface area is 132 Å². The molecule has 3 N–H and O–H groups in total. The highest BCUT2D eigenvalue weighted by molar-refractivity contribution is 7.09. The monoisotopic (exact) mass is 322 g/mol. The fraction of sp³-hybridized carbons (Fsp3) is 0.533. The van der Waals surface area contributed by atoms with Crippen molar-refractivity contribution in [1.29, 1.82) is 0 Å². The van der Waals surface area contributed by atoms with Crippen LogP contribution < -0.4 is 10.6 Å². The second-order valence-corrected chi connectivity index (χ2v) is 7.02. The van der Waals surface area contributed by atoms with Crippen LogP contribution in [0.15, 0.2) is 17.5 Å². The minimum atomic E-state index is -0.290. The van der Waals surface area contributed by atoms with Gasteiger partial charge in [-0.2, -0.15) is 0 Å². The third kappa shape index (κ3) is 2.91. The number of carbonyl (C=O) groups excluding carboxylic acids is 3. The van der Waals surface area contributed by atoms with Gasteiger partial charge >= 0.3 is 0 Å². The van der Waals surface area contributed by atoms with E-state index in [9.17, 15) is 14.4 Å². The van der Waals surface area contributed by atoms with Gasteiger partial charge < -0.3 is 10.6 Å². The van der Waals surface area contributed by atoms with Crippen LogP contribution in [0.1, 0.15) is 24.1 Å². The summed E-state index contributed by atoms with van der Waals surface area (Å²) >= 11 is 1.55. The number of quaternary nitrogens is 1. The largest absolute Gasteiger partial charge is 0.369 e. The smallest absolute Gasteiger partial charge is 0.288 e. The lowest BCUT2D eigenvalue weighted by Crippen LogP contribution is -3.17. The van der Waals surface area contributed by atoms with Crippen molar-refractivity contribution in [3.05, 3.63) is 22.4 Å². The topological polar surface area (TPSA) is 84.9 Å². The number of nitrogens with two attached hydrogens (primary N) is 1. The van der Waals surface area contributed by atoms with Gasteiger partial charge in [-0.1, -0.05) is 6.07 Å². The first-order valence-electron chi connectivity index (χ1n) is 7.56. The van der Waals surface area contributed by atoms with Crippen LogP contribution >= 0.6 is 11.3 Å². The molecule has 6 nitrogen and oxygen atoms in total. The number of rotatable bonds is 4. The van der Waals surface area contributed by atoms with Gasteiger partial charge in [-0.25, -0.2) is 0 Å². The third-order valence-corrected chi connectivity index (χ3v) is 5.52. The summed E-state index contributed by atoms with van der Waals surface area (Å²) < 4.78 is 0. The van der Waals surface area contributed by atoms with Crippen molar-refractivity contribution in [1.82, 2.24) is 4.90 Å². The SMILES string of the molecule is NC(=O)C1CC[NH+]([C@H]2CC(=O)N(Cc3cccs3)C2=O)CC1. The van der Waals surface area contributed by atoms with Crippen LogP contribution in [-0.2, 0) is 20.9 Å². The van der Waals surface area contributed by atoms with Crippen LogP contribution in [0.4, 0.5) is 0 Å². The first-order chi connectivity index (χ1) is 10.6. The van der Waals surface area contributed by atoms with Crippen LogP contribution in [0.3, 0.4) is 0 Å². The van der Waals surface area contributed by atoms with Crippen molar-refractivity contribution in [3.8, 4) is 0 Å². The minimum absolute atomic E-state index is 0.0778. The Bertz CT molecular complexity index is 579. The standard InChI is InChI=1S/C15H19N3O3S/c16-14(20)10-3-5-17(6-4-10)12-8-13(19)18(15(12)21)9-11-2-1-7-22-11/h1-2,7,10,12H,3-6,8-9H2,(H2,16,20)/p+1/t12-/m0/s1. The molecular weight excluding hydrogens is 302 g/mol. The lowest BCUT2D eigenvalue weighted by Gasteiger charge is -2.30. The van der Waals surface area contributed by atoms with Gasteiger partial charge in [0.1, 0.15) is 0 Å². The molecule has 2 fully saturated rings. The van der Waals surface area contributed by atoms with Gasteiger partial charge in [-0.05, 0) is 11.4 Å². The summed E-state index contributed by atoms with van der Waals surface area (Å²) in [5.74, 6) is -0.510. The Hall–Kier alpha value is -1.73. The van der Waals surface area contributed by atoms with Crippen molar-refractivity contribution in [2.24, 2.45) is 11.7 Å². The number of likely N-dealkylation sites (tertiary alicyclic amines) is 2. The van der Waals surface area contributed by atoms with E-state index in [1.54, 1.807) is 11.3 Å². The molecule has 7 heteroatoms. The Morgan fingerprint density at radius 1 is 1.36 bits per heavy atom. The molecule has 1 aromatic rings. The number of imide groups is 1. The van der Waals surface area contributed by atoms with E-state index in [0.717, 1.165) is 22.9 Å². The maximum Gasteiger partial charge on any atom is 0.288 e. The molecule has 22 heavy (non-hydrogen) atoms. The molecule has 0 bridgehead atoms. The number of primary amides is 1. The van der Waals surface area contributed by atoms with Crippen LogP contribution in [0.2, 0.25) is 0 Å². The minimum Gasteiger partial charge on any atom is -0.369 e. The predicted octanol–water partition coefficient (Wildman–Crippen LogP) is -0.844. The van der Waals surface area contributed by atoms with Crippen molar-refractivity contribution in [2.75, 3.05) is 13.1 Å². The first kappa shape index (κ1) is 15.2. The van der Waals surface area contributed by atoms with Gasteiger partial charge in [0.25, 0.3) is 5.91 Å². The van der Waals surface area contributed by atoms with Crippen LogP contribution in [0, 0.1) is 5.92 Å². The molecular formula is C15H20N3O3S+. The van der Waals surface area contributed by atoms with E-state index in [1.165, 1.54) is 4.90 Å². The highest BCUT2D eigenvalue weighted by Gasteiger charge is 2.46. The molecule has 2 saturated heterocycles. The molecule has 0 unspecified atom stereocenters. The van der Waals surface area contributed by atoms with Crippen molar-refractivity contribution in [2.45, 2.75) is 31.8 Å². The quantitative estimate of drug-likeness (QED) is 0.709. The van der Waals surface area contributed by atoms with Gasteiger partial charge in [-0.15, -0.1) is 11.3 Å². The number of amides is 3. The maximum absolute atomic E-state index is 12.6. The van der Waals surface area contributed by atoms with Crippen LogP contribution in [-0.4, -0.2) is 41.8 Å². The Morgan fingerprint density at radius 2 is 2.09 bits per heavy atom. The van der Waals surface area contributed by atoms with Gasteiger partial charge in [0, 0.05) is 23.6 Å². The number of nitrogens with one attached hydrogen (secondary N) is 1. The number of nitrogens with zero attached hydrogens (tertiary/aromatic N) is 1. The van der Waals surface area contributed by atoms with Gasteiger partial charge in [-0.3, -0.25) is 19.3 Å². The molecule has 0 aromatic carbocycles. The average Bonchev–Trinajstić information content (AvgIpc) is 3.11. The summed E-state index contributed by atoms with van der Waals surface area (Å²) in [7, 11) is 0. The summed E-state index contributed by atoms with van der Waals surface area (Å²) in [4.78, 5) is 39.4. The number of hydrogen-bond acceptors (Lipinski definition) is 4. The summed E-state index contributed by atoms with van der Waals surface area (Å²) in [5, 5.41) is 1.94. The molecule has 0 radical (unpaired) electrons. The zero-order chi connectivity index (χ0) is 15.7. The van der Waals surface area contributed by atoms with E-state index in [-0.39, 0.29) is 36.1 Å². The predicted molar refractivity (Wildman–Crippen MR) is 80.9 cm³/mol. The second kappa shape index (κ2) is 6.18. The molecule has 2 aliphatic heterocycles. The maximum atomic E-state index is 12.6. The summed E-state index contributed by atoms with van der Waals surface area (Å²) in [5.41, 5.74) is 5.34. The van der Waals surface area contributed by atoms with Crippen LogP contribution in [0.25, 0.3) is 0 Å². The zero-order valence-electron chi connectivity index (χ0n) is 12.3. The van der Waals surface area contributed by atoms with Crippen LogP contribution in [0.5, 0.6) is 0 Å². The molecule has 2 aliphatic rings. The molecule has 3 amide bonds. The zero-order valence-corrected chi connectivity index (χ0v) is 13.1. The number of carbonyl (C=O) groups is 3. The number of thiophene rings is 1. The average molecular weight is 322 g/mol. The summed E-state index contributed by atoms with van der Waals surface area (Å²) in [6.45, 7) is 1.83. The van der Waals surface area contributed by atoms with Crippen molar-refractivity contribution < 1.29 is 19.3 Å². The summed E-state index contributed by atoms with van der Waals surface area (Å²) in [6, 6.07) is 3.56. The number of hydrogen-bond donors (Lipinski definition) is 2. The molecule has 0 aliphatic carbocycles. The highest BCUT2D eigenvalue weighted by atomic mass is 32.1. The van der Waals surface area contributed by atoms with E-state index >= 15 is 0 Å². The first-order valence-corrected chi connectivity index (χ1v) is 8.44. The lowest BCUT2D eigenvalue weighted by molar-refractivity contribution is -0.920. The fourth-order valence-electron chi connectivity index (χ4n) is 3.35. The molecule has 118 valence electrons. The van der Waals surface area contributed by atoms with Gasteiger partial charge in [0.15, 0.2) is 6.04 Å². The lowest BCUT2D eigenvalue weighted by atomic mass is 9.95. The fourth-order valence-corrected chi connectivity index (χ4v) is 4.04. The van der Waals surface area contributed by atoms with E-state index < -0.39 is 0 Å². The highest BCUT2D eigenvalue weighted by Crippen LogP contribution is 2.19.